The van der Waals surface area contributed by atoms with Crippen molar-refractivity contribution in [2.45, 2.75) is 6.92 Å². The van der Waals surface area contributed by atoms with Crippen LogP contribution < -0.4 is 9.47 Å². The van der Waals surface area contributed by atoms with Crippen LogP contribution in [0.3, 0.4) is 0 Å². The quantitative estimate of drug-likeness (QED) is 0.243. The van der Waals surface area contributed by atoms with Gasteiger partial charge in [0.1, 0.15) is 18.2 Å². The van der Waals surface area contributed by atoms with Gasteiger partial charge in [-0.1, -0.05) is 18.2 Å². The molecule has 2 nitrogen and oxygen atoms in total. The number of methoxy groups -OCH3 is 1. The maximum atomic E-state index is 14.9. The molecular formula is C23H17F5O2. The molecule has 3 aromatic carbocycles. The highest BCUT2D eigenvalue weighted by atomic mass is 19.2. The van der Waals surface area contributed by atoms with Crippen LogP contribution in [0.2, 0.25) is 0 Å². The van der Waals surface area contributed by atoms with Crippen molar-refractivity contribution in [3.05, 3.63) is 83.2 Å². The Balaban J connectivity index is 2.09. The maximum absolute atomic E-state index is 14.9. The third-order valence-corrected chi connectivity index (χ3v) is 4.43. The van der Waals surface area contributed by atoms with Gasteiger partial charge in [0.15, 0.2) is 23.2 Å². The molecule has 0 aliphatic rings. The molecular weight excluding hydrogens is 403 g/mol. The third-order valence-electron chi connectivity index (χ3n) is 4.43. The van der Waals surface area contributed by atoms with E-state index in [1.165, 1.54) is 37.4 Å². The molecule has 3 rings (SSSR count). The molecule has 0 bridgehead atoms. The predicted molar refractivity (Wildman–Crippen MR) is 106 cm³/mol. The summed E-state index contributed by atoms with van der Waals surface area (Å²) in [7, 11) is 1.41. The number of benzene rings is 3. The molecule has 0 unspecified atom stereocenters. The lowest BCUT2D eigenvalue weighted by Crippen LogP contribution is -2.01. The molecule has 0 aliphatic carbocycles. The molecule has 0 fully saturated rings. The van der Waals surface area contributed by atoms with Crippen LogP contribution in [0.5, 0.6) is 11.5 Å². The average molecular weight is 420 g/mol. The minimum Gasteiger partial charge on any atom is -0.497 e. The smallest absolute Gasteiger partial charge is 0.201 e. The highest BCUT2D eigenvalue weighted by Crippen LogP contribution is 2.36. The average Bonchev–Trinajstić information content (AvgIpc) is 2.76. The van der Waals surface area contributed by atoms with Crippen LogP contribution in [-0.2, 0) is 0 Å². The zero-order valence-corrected chi connectivity index (χ0v) is 16.1. The van der Waals surface area contributed by atoms with Gasteiger partial charge in [-0.05, 0) is 48.7 Å². The van der Waals surface area contributed by atoms with Crippen LogP contribution in [0, 0.1) is 17.5 Å². The fraction of sp³-hybridized carbons (Fsp3) is 0.130. The molecule has 30 heavy (non-hydrogen) atoms. The van der Waals surface area contributed by atoms with Gasteiger partial charge in [-0.2, -0.15) is 4.39 Å². The van der Waals surface area contributed by atoms with Crippen molar-refractivity contribution in [3.63, 3.8) is 0 Å². The van der Waals surface area contributed by atoms with Crippen LogP contribution in [0.25, 0.3) is 22.4 Å². The van der Waals surface area contributed by atoms with Gasteiger partial charge >= 0.3 is 0 Å². The second kappa shape index (κ2) is 8.98. The third kappa shape index (κ3) is 4.01. The minimum atomic E-state index is -1.54. The fourth-order valence-corrected chi connectivity index (χ4v) is 2.85. The first-order valence-electron chi connectivity index (χ1n) is 8.93. The number of ether oxygens (including phenoxy) is 2. The molecule has 0 saturated carbocycles. The Hall–Kier alpha value is -3.35. The van der Waals surface area contributed by atoms with Crippen LogP contribution in [0.15, 0.2) is 54.6 Å². The number of hydrogen-bond acceptors (Lipinski definition) is 2. The topological polar surface area (TPSA) is 18.5 Å². The van der Waals surface area contributed by atoms with Crippen molar-refractivity contribution >= 4 is 22.4 Å². The van der Waals surface area contributed by atoms with Crippen LogP contribution in [-0.4, -0.2) is 13.7 Å². The molecule has 156 valence electrons. The van der Waals surface area contributed by atoms with Crippen LogP contribution in [0.4, 0.5) is 22.0 Å². The Labute approximate surface area is 169 Å². The summed E-state index contributed by atoms with van der Waals surface area (Å²) in [5.41, 5.74) is -0.983. The molecule has 0 heterocycles. The van der Waals surface area contributed by atoms with Gasteiger partial charge in [0.05, 0.1) is 12.5 Å². The molecule has 0 radical (unpaired) electrons. The number of rotatable bonds is 6. The Kier molecular flexibility index (Phi) is 6.40. The molecule has 0 saturated heterocycles. The van der Waals surface area contributed by atoms with E-state index in [2.05, 4.69) is 0 Å². The van der Waals surface area contributed by atoms with Crippen molar-refractivity contribution < 1.29 is 31.4 Å². The zero-order valence-electron chi connectivity index (χ0n) is 16.1. The SMILES string of the molecule is CC=CCOc1cc2ccc(C(F)=C(F)c3ccc(OC)cc3)c(F)c2c(F)c1F. The summed E-state index contributed by atoms with van der Waals surface area (Å²) in [4.78, 5) is 0. The van der Waals surface area contributed by atoms with Gasteiger partial charge in [0.25, 0.3) is 0 Å². The summed E-state index contributed by atoms with van der Waals surface area (Å²) in [6.07, 6.45) is 3.24. The number of halogens is 5. The van der Waals surface area contributed by atoms with E-state index in [1.54, 1.807) is 19.1 Å². The largest absolute Gasteiger partial charge is 0.497 e. The summed E-state index contributed by atoms with van der Waals surface area (Å²) in [6, 6.07) is 8.55. The van der Waals surface area contributed by atoms with E-state index in [-0.39, 0.29) is 17.6 Å². The van der Waals surface area contributed by atoms with E-state index in [9.17, 15) is 22.0 Å². The van der Waals surface area contributed by atoms with Crippen LogP contribution >= 0.6 is 0 Å². The van der Waals surface area contributed by atoms with Crippen molar-refractivity contribution in [2.24, 2.45) is 0 Å². The number of hydrogen-bond donors (Lipinski definition) is 0. The van der Waals surface area contributed by atoms with Gasteiger partial charge < -0.3 is 9.47 Å². The molecule has 0 aliphatic heterocycles. The Bertz CT molecular complexity index is 1130. The van der Waals surface area contributed by atoms with Gasteiger partial charge in [-0.25, -0.2) is 17.6 Å². The van der Waals surface area contributed by atoms with E-state index < -0.39 is 45.8 Å². The van der Waals surface area contributed by atoms with Gasteiger partial charge in [-0.15, -0.1) is 0 Å². The second-order valence-electron chi connectivity index (χ2n) is 6.26. The first-order valence-corrected chi connectivity index (χ1v) is 8.93. The zero-order chi connectivity index (χ0) is 21.8. The molecule has 0 spiro atoms. The lowest BCUT2D eigenvalue weighted by molar-refractivity contribution is 0.333. The summed E-state index contributed by atoms with van der Waals surface area (Å²) in [6.45, 7) is 1.72. The summed E-state index contributed by atoms with van der Waals surface area (Å²) >= 11 is 0. The molecule has 7 heteroatoms. The molecule has 3 aromatic rings. The first kappa shape index (κ1) is 21.4. The second-order valence-corrected chi connectivity index (χ2v) is 6.26. The van der Waals surface area contributed by atoms with Crippen molar-refractivity contribution in [1.29, 1.82) is 0 Å². The van der Waals surface area contributed by atoms with E-state index >= 15 is 0 Å². The summed E-state index contributed by atoms with van der Waals surface area (Å²) in [5, 5.41) is -0.843. The number of allylic oxidation sites excluding steroid dienone is 1. The molecule has 0 amide bonds. The standard InChI is InChI=1S/C23H17F5O2/c1-3-4-11-30-17-12-14-7-10-16(20(25)18(14)23(28)22(17)27)21(26)19(24)13-5-8-15(29-2)9-6-13/h3-10,12H,11H2,1-2H3. The highest BCUT2D eigenvalue weighted by molar-refractivity contribution is 5.91. The van der Waals surface area contributed by atoms with Crippen molar-refractivity contribution in [2.75, 3.05) is 13.7 Å². The fourth-order valence-electron chi connectivity index (χ4n) is 2.85. The van der Waals surface area contributed by atoms with E-state index in [4.69, 9.17) is 9.47 Å². The number of fused-ring (bicyclic) bond motifs is 1. The monoisotopic (exact) mass is 420 g/mol. The summed E-state index contributed by atoms with van der Waals surface area (Å²) < 4.78 is 83.0. The first-order chi connectivity index (χ1) is 14.4. The normalized spacial score (nSPS) is 12.4. The summed E-state index contributed by atoms with van der Waals surface area (Å²) in [5.74, 6) is -7.23. The maximum Gasteiger partial charge on any atom is 0.201 e. The van der Waals surface area contributed by atoms with Gasteiger partial charge in [-0.3, -0.25) is 0 Å². The van der Waals surface area contributed by atoms with Gasteiger partial charge in [0, 0.05) is 11.1 Å². The van der Waals surface area contributed by atoms with E-state index in [0.717, 1.165) is 12.1 Å². The van der Waals surface area contributed by atoms with Crippen LogP contribution in [0.1, 0.15) is 18.1 Å². The van der Waals surface area contributed by atoms with Gasteiger partial charge in [0.2, 0.25) is 5.82 Å². The lowest BCUT2D eigenvalue weighted by atomic mass is 10.0. The molecule has 0 atom stereocenters. The van der Waals surface area contributed by atoms with Crippen molar-refractivity contribution in [3.8, 4) is 11.5 Å². The minimum absolute atomic E-state index is 0.0105. The molecule has 0 N–H and O–H groups in total. The Morgan fingerprint density at radius 2 is 1.60 bits per heavy atom. The predicted octanol–water partition coefficient (Wildman–Crippen LogP) is 6.99. The lowest BCUT2D eigenvalue weighted by Gasteiger charge is -2.11. The van der Waals surface area contributed by atoms with Crippen molar-refractivity contribution in [1.82, 2.24) is 0 Å². The Morgan fingerprint density at radius 3 is 2.23 bits per heavy atom. The molecule has 0 aromatic heterocycles. The highest BCUT2D eigenvalue weighted by Gasteiger charge is 2.23. The Morgan fingerprint density at radius 1 is 0.900 bits per heavy atom. The van der Waals surface area contributed by atoms with E-state index in [1.807, 2.05) is 0 Å². The van der Waals surface area contributed by atoms with E-state index in [0.29, 0.717) is 5.75 Å².